The molecule has 6 heteroatoms. The van der Waals surface area contributed by atoms with Crippen LogP contribution in [0.2, 0.25) is 0 Å². The maximum Gasteiger partial charge on any atom is 0.245 e. The van der Waals surface area contributed by atoms with Gasteiger partial charge in [0.15, 0.2) is 9.84 Å². The highest BCUT2D eigenvalue weighted by atomic mass is 32.2. The van der Waals surface area contributed by atoms with Gasteiger partial charge in [-0.3, -0.25) is 4.79 Å². The summed E-state index contributed by atoms with van der Waals surface area (Å²) in [5, 5.41) is 2.69. The highest BCUT2D eigenvalue weighted by Crippen LogP contribution is 2.28. The Morgan fingerprint density at radius 3 is 2.10 bits per heavy atom. The van der Waals surface area contributed by atoms with Crippen LogP contribution in [0.1, 0.15) is 19.4 Å². The fourth-order valence-electron chi connectivity index (χ4n) is 2.71. The van der Waals surface area contributed by atoms with Crippen LogP contribution in [0.15, 0.2) is 83.8 Å². The molecule has 3 aromatic carbocycles. The zero-order chi connectivity index (χ0) is 21.1. The Labute approximate surface area is 171 Å². The molecule has 0 bridgehead atoms. The monoisotopic (exact) mass is 409 g/mol. The first kappa shape index (κ1) is 20.6. The number of hydrogen-bond acceptors (Lipinski definition) is 4. The summed E-state index contributed by atoms with van der Waals surface area (Å²) >= 11 is 0. The molecule has 0 heterocycles. The summed E-state index contributed by atoms with van der Waals surface area (Å²) in [4.78, 5) is 12.9. The molecule has 0 aliphatic rings. The van der Waals surface area contributed by atoms with Crippen LogP contribution in [0.5, 0.6) is 11.5 Å². The zero-order valence-corrected chi connectivity index (χ0v) is 17.4. The number of ether oxygens (including phenoxy) is 1. The molecule has 5 nitrogen and oxygen atoms in total. The third-order valence-corrected chi connectivity index (χ3v) is 7.01. The predicted octanol–water partition coefficient (Wildman–Crippen LogP) is 4.98. The molecule has 0 fully saturated rings. The standard InChI is InChI=1S/C23H23NO4S/c1-17-8-7-11-21(16-17)29(26,27)23(2,3)22(25)24-18-12-14-20(15-13-18)28-19-9-5-4-6-10-19/h4-16H,1-3H3,(H,24,25). The Bertz CT molecular complexity index is 1110. The van der Waals surface area contributed by atoms with E-state index in [2.05, 4.69) is 5.32 Å². The molecule has 3 aromatic rings. The van der Waals surface area contributed by atoms with E-state index < -0.39 is 20.5 Å². The van der Waals surface area contributed by atoms with Gasteiger partial charge in [0.2, 0.25) is 5.91 Å². The van der Waals surface area contributed by atoms with E-state index >= 15 is 0 Å². The van der Waals surface area contributed by atoms with Gasteiger partial charge in [0.25, 0.3) is 0 Å². The number of aryl methyl sites for hydroxylation is 1. The second-order valence-corrected chi connectivity index (χ2v) is 9.72. The molecule has 0 saturated heterocycles. The normalized spacial score (nSPS) is 11.7. The van der Waals surface area contributed by atoms with E-state index in [-0.39, 0.29) is 4.90 Å². The number of benzene rings is 3. The summed E-state index contributed by atoms with van der Waals surface area (Å²) in [6.45, 7) is 4.63. The molecular weight excluding hydrogens is 386 g/mol. The van der Waals surface area contributed by atoms with E-state index in [1.165, 1.54) is 19.9 Å². The van der Waals surface area contributed by atoms with Gasteiger partial charge in [-0.05, 0) is 74.9 Å². The first-order chi connectivity index (χ1) is 13.7. The number of carbonyl (C=O) groups is 1. The van der Waals surface area contributed by atoms with Gasteiger partial charge in [0, 0.05) is 5.69 Å². The topological polar surface area (TPSA) is 72.5 Å². The summed E-state index contributed by atoms with van der Waals surface area (Å²) in [7, 11) is -3.87. The molecule has 0 aromatic heterocycles. The molecule has 0 saturated carbocycles. The van der Waals surface area contributed by atoms with Crippen molar-refractivity contribution in [2.24, 2.45) is 0 Å². The van der Waals surface area contributed by atoms with Crippen LogP contribution in [-0.2, 0) is 14.6 Å². The number of carbonyl (C=O) groups excluding carboxylic acids is 1. The van der Waals surface area contributed by atoms with Crippen molar-refractivity contribution >= 4 is 21.4 Å². The van der Waals surface area contributed by atoms with Crippen molar-refractivity contribution in [2.75, 3.05) is 5.32 Å². The minimum Gasteiger partial charge on any atom is -0.457 e. The Morgan fingerprint density at radius 2 is 1.48 bits per heavy atom. The summed E-state index contributed by atoms with van der Waals surface area (Å²) in [5.41, 5.74) is 1.30. The molecule has 150 valence electrons. The molecule has 0 unspecified atom stereocenters. The van der Waals surface area contributed by atoms with Crippen molar-refractivity contribution in [2.45, 2.75) is 30.4 Å². The Balaban J connectivity index is 1.75. The van der Waals surface area contributed by atoms with Gasteiger partial charge in [0.05, 0.1) is 4.90 Å². The van der Waals surface area contributed by atoms with Crippen LogP contribution < -0.4 is 10.1 Å². The Morgan fingerprint density at radius 1 is 0.862 bits per heavy atom. The molecule has 0 atom stereocenters. The summed E-state index contributed by atoms with van der Waals surface area (Å²) in [6, 6.07) is 22.7. The third kappa shape index (κ3) is 4.49. The van der Waals surface area contributed by atoms with Crippen molar-refractivity contribution in [3.05, 3.63) is 84.4 Å². The average Bonchev–Trinajstić information content (AvgIpc) is 2.70. The first-order valence-corrected chi connectivity index (χ1v) is 10.6. The van der Waals surface area contributed by atoms with Gasteiger partial charge in [-0.1, -0.05) is 30.3 Å². The smallest absolute Gasteiger partial charge is 0.245 e. The van der Waals surface area contributed by atoms with E-state index in [9.17, 15) is 13.2 Å². The number of para-hydroxylation sites is 1. The molecule has 1 amide bonds. The largest absolute Gasteiger partial charge is 0.457 e. The molecule has 0 spiro atoms. The molecule has 0 radical (unpaired) electrons. The number of nitrogens with one attached hydrogen (secondary N) is 1. The molecule has 29 heavy (non-hydrogen) atoms. The summed E-state index contributed by atoms with van der Waals surface area (Å²) in [5.74, 6) is 0.714. The van der Waals surface area contributed by atoms with Crippen LogP contribution in [0, 0.1) is 6.92 Å². The maximum atomic E-state index is 13.0. The van der Waals surface area contributed by atoms with E-state index in [1.807, 2.05) is 43.3 Å². The van der Waals surface area contributed by atoms with E-state index in [4.69, 9.17) is 4.74 Å². The van der Waals surface area contributed by atoms with Gasteiger partial charge in [0.1, 0.15) is 16.2 Å². The SMILES string of the molecule is Cc1cccc(S(=O)(=O)C(C)(C)C(=O)Nc2ccc(Oc3ccccc3)cc2)c1. The number of amides is 1. The molecular formula is C23H23NO4S. The van der Waals surface area contributed by atoms with E-state index in [1.54, 1.807) is 36.4 Å². The summed E-state index contributed by atoms with van der Waals surface area (Å²) < 4.78 is 30.1. The number of rotatable bonds is 6. The molecule has 0 aliphatic carbocycles. The lowest BCUT2D eigenvalue weighted by molar-refractivity contribution is -0.117. The fourth-order valence-corrected chi connectivity index (χ4v) is 4.19. The van der Waals surface area contributed by atoms with Crippen LogP contribution in [-0.4, -0.2) is 19.1 Å². The van der Waals surface area contributed by atoms with Crippen molar-refractivity contribution in [1.82, 2.24) is 0 Å². The molecule has 1 N–H and O–H groups in total. The average molecular weight is 410 g/mol. The number of sulfone groups is 1. The highest BCUT2D eigenvalue weighted by Gasteiger charge is 2.42. The Hall–Kier alpha value is -3.12. The summed E-state index contributed by atoms with van der Waals surface area (Å²) in [6.07, 6.45) is 0. The van der Waals surface area contributed by atoms with Gasteiger partial charge in [-0.15, -0.1) is 0 Å². The maximum absolute atomic E-state index is 13.0. The van der Waals surface area contributed by atoms with Crippen molar-refractivity contribution in [3.63, 3.8) is 0 Å². The van der Waals surface area contributed by atoms with Crippen molar-refractivity contribution < 1.29 is 17.9 Å². The minimum atomic E-state index is -3.87. The minimum absolute atomic E-state index is 0.129. The van der Waals surface area contributed by atoms with Crippen LogP contribution in [0.3, 0.4) is 0 Å². The first-order valence-electron chi connectivity index (χ1n) is 9.16. The highest BCUT2D eigenvalue weighted by molar-refractivity contribution is 7.93. The molecule has 3 rings (SSSR count). The zero-order valence-electron chi connectivity index (χ0n) is 16.5. The quantitative estimate of drug-likeness (QED) is 0.623. The van der Waals surface area contributed by atoms with Crippen molar-refractivity contribution in [1.29, 1.82) is 0 Å². The van der Waals surface area contributed by atoms with Gasteiger partial charge in [-0.2, -0.15) is 0 Å². The van der Waals surface area contributed by atoms with Crippen LogP contribution in [0.4, 0.5) is 5.69 Å². The van der Waals surface area contributed by atoms with E-state index in [0.717, 1.165) is 5.56 Å². The third-order valence-electron chi connectivity index (χ3n) is 4.61. The fraction of sp³-hybridized carbons (Fsp3) is 0.174. The lowest BCUT2D eigenvalue weighted by Gasteiger charge is -2.24. The van der Waals surface area contributed by atoms with E-state index in [0.29, 0.717) is 17.2 Å². The van der Waals surface area contributed by atoms with Crippen LogP contribution in [0.25, 0.3) is 0 Å². The van der Waals surface area contributed by atoms with Gasteiger partial charge >= 0.3 is 0 Å². The van der Waals surface area contributed by atoms with Gasteiger partial charge < -0.3 is 10.1 Å². The number of hydrogen-bond donors (Lipinski definition) is 1. The second kappa shape index (κ2) is 8.09. The second-order valence-electron chi connectivity index (χ2n) is 7.22. The predicted molar refractivity (Wildman–Crippen MR) is 114 cm³/mol. The van der Waals surface area contributed by atoms with Crippen LogP contribution >= 0.6 is 0 Å². The molecule has 0 aliphatic heterocycles. The number of anilines is 1. The lowest BCUT2D eigenvalue weighted by Crippen LogP contribution is -2.44. The van der Waals surface area contributed by atoms with Crippen molar-refractivity contribution in [3.8, 4) is 11.5 Å². The van der Waals surface area contributed by atoms with Gasteiger partial charge in [-0.25, -0.2) is 8.42 Å². The lowest BCUT2D eigenvalue weighted by atomic mass is 10.2. The Kier molecular flexibility index (Phi) is 5.75.